The predicted octanol–water partition coefficient (Wildman–Crippen LogP) is 5.23. The molecule has 118 valence electrons. The quantitative estimate of drug-likeness (QED) is 0.757. The molecule has 0 bridgehead atoms. The Labute approximate surface area is 138 Å². The fraction of sp³-hybridized carbons (Fsp3) is 0.286. The van der Waals surface area contributed by atoms with E-state index in [9.17, 15) is 4.79 Å². The molecule has 0 radical (unpaired) electrons. The standard InChI is InChI=1S/C21H23NO/c1-3-4-8-19-15-14-17-7-5-6-9-20(17)22(19)21(23)18-12-10-16(2)11-13-18/h5-7,9-15,19H,3-4,8H2,1-2H3. The number of rotatable bonds is 4. The lowest BCUT2D eigenvalue weighted by Gasteiger charge is -2.34. The molecule has 1 unspecified atom stereocenters. The van der Waals surface area contributed by atoms with Crippen molar-refractivity contribution in [1.29, 1.82) is 0 Å². The number of hydrogen-bond donors (Lipinski definition) is 0. The molecular formula is C21H23NO. The Balaban J connectivity index is 1.98. The van der Waals surface area contributed by atoms with Gasteiger partial charge in [-0.05, 0) is 37.1 Å². The highest BCUT2D eigenvalue weighted by Gasteiger charge is 2.28. The van der Waals surface area contributed by atoms with Crippen LogP contribution in [0.5, 0.6) is 0 Å². The highest BCUT2D eigenvalue weighted by atomic mass is 16.2. The predicted molar refractivity (Wildman–Crippen MR) is 96.8 cm³/mol. The van der Waals surface area contributed by atoms with Gasteiger partial charge in [0.1, 0.15) is 0 Å². The second-order valence-corrected chi connectivity index (χ2v) is 6.17. The lowest BCUT2D eigenvalue weighted by molar-refractivity contribution is 0.0979. The van der Waals surface area contributed by atoms with E-state index in [4.69, 9.17) is 0 Å². The maximum absolute atomic E-state index is 13.1. The van der Waals surface area contributed by atoms with Crippen molar-refractivity contribution in [3.8, 4) is 0 Å². The van der Waals surface area contributed by atoms with Crippen molar-refractivity contribution < 1.29 is 4.79 Å². The first kappa shape index (κ1) is 15.5. The third-order valence-corrected chi connectivity index (χ3v) is 4.40. The number of aryl methyl sites for hydroxylation is 1. The Kier molecular flexibility index (Phi) is 4.61. The van der Waals surface area contributed by atoms with E-state index >= 15 is 0 Å². The molecule has 2 nitrogen and oxygen atoms in total. The smallest absolute Gasteiger partial charge is 0.258 e. The van der Waals surface area contributed by atoms with Gasteiger partial charge >= 0.3 is 0 Å². The summed E-state index contributed by atoms with van der Waals surface area (Å²) in [5.74, 6) is 0.0860. The average molecular weight is 305 g/mol. The molecule has 1 amide bonds. The van der Waals surface area contributed by atoms with Crippen LogP contribution in [0, 0.1) is 6.92 Å². The van der Waals surface area contributed by atoms with Gasteiger partial charge in [-0.25, -0.2) is 0 Å². The van der Waals surface area contributed by atoms with Crippen LogP contribution in [-0.4, -0.2) is 11.9 Å². The summed E-state index contributed by atoms with van der Waals surface area (Å²) in [5, 5.41) is 0. The molecule has 23 heavy (non-hydrogen) atoms. The van der Waals surface area contributed by atoms with Crippen molar-refractivity contribution >= 4 is 17.7 Å². The monoisotopic (exact) mass is 305 g/mol. The van der Waals surface area contributed by atoms with E-state index in [2.05, 4.69) is 25.1 Å². The Morgan fingerprint density at radius 3 is 2.57 bits per heavy atom. The Hall–Kier alpha value is -2.35. The van der Waals surface area contributed by atoms with Crippen LogP contribution in [0.4, 0.5) is 5.69 Å². The summed E-state index contributed by atoms with van der Waals surface area (Å²) in [4.78, 5) is 15.1. The molecule has 0 aliphatic carbocycles. The fourth-order valence-electron chi connectivity index (χ4n) is 3.06. The zero-order chi connectivity index (χ0) is 16.2. The topological polar surface area (TPSA) is 20.3 Å². The minimum atomic E-state index is 0.0860. The third kappa shape index (κ3) is 3.21. The van der Waals surface area contributed by atoms with E-state index in [1.807, 2.05) is 54.3 Å². The number of benzene rings is 2. The van der Waals surface area contributed by atoms with Gasteiger partial charge in [-0.1, -0.05) is 67.8 Å². The van der Waals surface area contributed by atoms with Gasteiger partial charge in [0.05, 0.1) is 11.7 Å². The van der Waals surface area contributed by atoms with Gasteiger partial charge in [0.25, 0.3) is 5.91 Å². The van der Waals surface area contributed by atoms with Gasteiger partial charge in [-0.15, -0.1) is 0 Å². The molecular weight excluding hydrogens is 282 g/mol. The number of fused-ring (bicyclic) bond motifs is 1. The van der Waals surface area contributed by atoms with Gasteiger partial charge in [0.15, 0.2) is 0 Å². The minimum absolute atomic E-state index is 0.0860. The van der Waals surface area contributed by atoms with E-state index in [1.54, 1.807) is 0 Å². The molecule has 2 aromatic carbocycles. The van der Waals surface area contributed by atoms with Crippen LogP contribution in [0.15, 0.2) is 54.6 Å². The number of hydrogen-bond acceptors (Lipinski definition) is 1. The van der Waals surface area contributed by atoms with Gasteiger partial charge < -0.3 is 4.90 Å². The largest absolute Gasteiger partial charge is 0.301 e. The summed E-state index contributed by atoms with van der Waals surface area (Å²) in [5.41, 5.74) is 4.05. The summed E-state index contributed by atoms with van der Waals surface area (Å²) < 4.78 is 0. The fourth-order valence-corrected chi connectivity index (χ4v) is 3.06. The molecule has 1 atom stereocenters. The van der Waals surface area contributed by atoms with Crippen molar-refractivity contribution in [1.82, 2.24) is 0 Å². The molecule has 0 spiro atoms. The van der Waals surface area contributed by atoms with Crippen LogP contribution >= 0.6 is 0 Å². The molecule has 3 rings (SSSR count). The summed E-state index contributed by atoms with van der Waals surface area (Å²) in [6.45, 7) is 4.23. The number of amides is 1. The summed E-state index contributed by atoms with van der Waals surface area (Å²) in [6.07, 6.45) is 7.57. The third-order valence-electron chi connectivity index (χ3n) is 4.40. The molecule has 0 aromatic heterocycles. The van der Waals surface area contributed by atoms with Crippen LogP contribution < -0.4 is 4.90 Å². The van der Waals surface area contributed by atoms with Crippen LogP contribution in [0.2, 0.25) is 0 Å². The van der Waals surface area contributed by atoms with Crippen LogP contribution in [0.25, 0.3) is 6.08 Å². The first-order valence-corrected chi connectivity index (χ1v) is 8.38. The normalized spacial score (nSPS) is 16.3. The van der Waals surface area contributed by atoms with Gasteiger partial charge in [0.2, 0.25) is 0 Å². The minimum Gasteiger partial charge on any atom is -0.301 e. The van der Waals surface area contributed by atoms with Crippen molar-refractivity contribution in [3.63, 3.8) is 0 Å². The molecule has 2 heteroatoms. The lowest BCUT2D eigenvalue weighted by atomic mass is 9.97. The Morgan fingerprint density at radius 1 is 1.09 bits per heavy atom. The van der Waals surface area contributed by atoms with Crippen molar-refractivity contribution in [2.24, 2.45) is 0 Å². The van der Waals surface area contributed by atoms with E-state index in [0.29, 0.717) is 0 Å². The van der Waals surface area contributed by atoms with Crippen molar-refractivity contribution in [2.75, 3.05) is 4.90 Å². The highest BCUT2D eigenvalue weighted by Crippen LogP contribution is 2.32. The molecule has 2 aromatic rings. The molecule has 0 fully saturated rings. The van der Waals surface area contributed by atoms with Crippen LogP contribution in [0.1, 0.15) is 47.7 Å². The van der Waals surface area contributed by atoms with E-state index in [0.717, 1.165) is 36.1 Å². The van der Waals surface area contributed by atoms with Crippen LogP contribution in [-0.2, 0) is 0 Å². The molecule has 1 aliphatic rings. The lowest BCUT2D eigenvalue weighted by Crippen LogP contribution is -2.41. The maximum atomic E-state index is 13.1. The number of carbonyl (C=O) groups is 1. The van der Waals surface area contributed by atoms with Crippen LogP contribution in [0.3, 0.4) is 0 Å². The number of para-hydroxylation sites is 1. The molecule has 1 heterocycles. The molecule has 0 saturated carbocycles. The second-order valence-electron chi connectivity index (χ2n) is 6.17. The van der Waals surface area contributed by atoms with Gasteiger partial charge in [-0.2, -0.15) is 0 Å². The number of carbonyl (C=O) groups excluding carboxylic acids is 1. The number of anilines is 1. The van der Waals surface area contributed by atoms with E-state index in [-0.39, 0.29) is 11.9 Å². The average Bonchev–Trinajstić information content (AvgIpc) is 2.59. The van der Waals surface area contributed by atoms with E-state index in [1.165, 1.54) is 5.56 Å². The van der Waals surface area contributed by atoms with Crippen molar-refractivity contribution in [2.45, 2.75) is 39.2 Å². The first-order valence-electron chi connectivity index (χ1n) is 8.38. The van der Waals surface area contributed by atoms with E-state index < -0.39 is 0 Å². The molecule has 1 aliphatic heterocycles. The SMILES string of the molecule is CCCCC1C=Cc2ccccc2N1C(=O)c1ccc(C)cc1. The number of unbranched alkanes of at least 4 members (excludes halogenated alkanes) is 1. The second kappa shape index (κ2) is 6.82. The number of nitrogens with zero attached hydrogens (tertiary/aromatic N) is 1. The zero-order valence-electron chi connectivity index (χ0n) is 13.8. The zero-order valence-corrected chi connectivity index (χ0v) is 13.8. The first-order chi connectivity index (χ1) is 11.2. The summed E-state index contributed by atoms with van der Waals surface area (Å²) in [7, 11) is 0. The Morgan fingerprint density at radius 2 is 1.83 bits per heavy atom. The summed E-state index contributed by atoms with van der Waals surface area (Å²) >= 11 is 0. The Bertz CT molecular complexity index is 715. The van der Waals surface area contributed by atoms with Gasteiger partial charge in [0, 0.05) is 5.56 Å². The molecule has 0 N–H and O–H groups in total. The van der Waals surface area contributed by atoms with Gasteiger partial charge in [-0.3, -0.25) is 4.79 Å². The summed E-state index contributed by atoms with van der Waals surface area (Å²) in [6, 6.07) is 16.1. The van der Waals surface area contributed by atoms with Crippen molar-refractivity contribution in [3.05, 3.63) is 71.3 Å². The maximum Gasteiger partial charge on any atom is 0.258 e. The molecule has 0 saturated heterocycles. The highest BCUT2D eigenvalue weighted by molar-refractivity contribution is 6.08.